The molecule has 0 fully saturated rings. The van der Waals surface area contributed by atoms with E-state index in [4.69, 9.17) is 4.74 Å². The van der Waals surface area contributed by atoms with Gasteiger partial charge in [0.2, 0.25) is 0 Å². The first kappa shape index (κ1) is 15.2. The van der Waals surface area contributed by atoms with Gasteiger partial charge in [-0.2, -0.15) is 0 Å². The minimum absolute atomic E-state index is 0.365. The lowest BCUT2D eigenvalue weighted by atomic mass is 10.2. The van der Waals surface area contributed by atoms with Crippen LogP contribution >= 0.6 is 0 Å². The molecule has 0 aliphatic carbocycles. The third-order valence-electron chi connectivity index (χ3n) is 2.90. The lowest BCUT2D eigenvalue weighted by molar-refractivity contribution is 0.0528. The second-order valence-electron chi connectivity index (χ2n) is 5.99. The SMILES string of the molecule is CC(C)(C)OC(=O)NCCCNc1ccc2[nH]ccc2c1. The van der Waals surface area contributed by atoms with Gasteiger partial charge in [-0.25, -0.2) is 4.79 Å². The summed E-state index contributed by atoms with van der Waals surface area (Å²) in [6, 6.07) is 8.24. The van der Waals surface area contributed by atoms with Crippen LogP contribution in [-0.4, -0.2) is 29.8 Å². The van der Waals surface area contributed by atoms with Crippen molar-refractivity contribution in [3.05, 3.63) is 30.5 Å². The van der Waals surface area contributed by atoms with Gasteiger partial charge < -0.3 is 20.4 Å². The van der Waals surface area contributed by atoms with Crippen molar-refractivity contribution in [2.24, 2.45) is 0 Å². The monoisotopic (exact) mass is 289 g/mol. The fraction of sp³-hybridized carbons (Fsp3) is 0.438. The summed E-state index contributed by atoms with van der Waals surface area (Å²) in [4.78, 5) is 14.6. The number of hydrogen-bond donors (Lipinski definition) is 3. The van der Waals surface area contributed by atoms with Crippen LogP contribution in [0.1, 0.15) is 27.2 Å². The van der Waals surface area contributed by atoms with Crippen molar-refractivity contribution in [2.75, 3.05) is 18.4 Å². The average Bonchev–Trinajstić information content (AvgIpc) is 2.83. The van der Waals surface area contributed by atoms with Gasteiger partial charge in [0.1, 0.15) is 5.60 Å². The summed E-state index contributed by atoms with van der Waals surface area (Å²) < 4.78 is 5.17. The number of amides is 1. The van der Waals surface area contributed by atoms with E-state index < -0.39 is 5.60 Å². The van der Waals surface area contributed by atoms with Crippen molar-refractivity contribution < 1.29 is 9.53 Å². The first-order chi connectivity index (χ1) is 9.94. The standard InChI is InChI=1S/C16H23N3O2/c1-16(2,3)21-15(20)19-9-4-8-17-13-5-6-14-12(11-13)7-10-18-14/h5-7,10-11,17-18H,4,8-9H2,1-3H3,(H,19,20). The smallest absolute Gasteiger partial charge is 0.407 e. The molecule has 0 saturated carbocycles. The van der Waals surface area contributed by atoms with E-state index >= 15 is 0 Å². The first-order valence-corrected chi connectivity index (χ1v) is 7.22. The number of hydrogen-bond acceptors (Lipinski definition) is 3. The third-order valence-corrected chi connectivity index (χ3v) is 2.90. The van der Waals surface area contributed by atoms with Gasteiger partial charge in [-0.05, 0) is 51.5 Å². The summed E-state index contributed by atoms with van der Waals surface area (Å²) in [7, 11) is 0. The number of ether oxygens (including phenoxy) is 1. The maximum absolute atomic E-state index is 11.5. The highest BCUT2D eigenvalue weighted by atomic mass is 16.6. The summed E-state index contributed by atoms with van der Waals surface area (Å²) >= 11 is 0. The van der Waals surface area contributed by atoms with Crippen molar-refractivity contribution in [3.8, 4) is 0 Å². The van der Waals surface area contributed by atoms with Crippen LogP contribution in [0.5, 0.6) is 0 Å². The van der Waals surface area contributed by atoms with Crippen LogP contribution in [0.25, 0.3) is 10.9 Å². The normalized spacial score (nSPS) is 11.4. The predicted octanol–water partition coefficient (Wildman–Crippen LogP) is 3.49. The molecular formula is C16H23N3O2. The molecule has 0 saturated heterocycles. The zero-order chi connectivity index (χ0) is 15.3. The number of carbonyl (C=O) groups excluding carboxylic acids is 1. The lowest BCUT2D eigenvalue weighted by Crippen LogP contribution is -2.33. The van der Waals surface area contributed by atoms with Gasteiger partial charge in [-0.15, -0.1) is 0 Å². The van der Waals surface area contributed by atoms with Crippen molar-refractivity contribution in [2.45, 2.75) is 32.8 Å². The van der Waals surface area contributed by atoms with Gasteiger partial charge in [0.25, 0.3) is 0 Å². The Morgan fingerprint density at radius 1 is 1.24 bits per heavy atom. The van der Waals surface area contributed by atoms with E-state index in [9.17, 15) is 4.79 Å². The van der Waals surface area contributed by atoms with Crippen molar-refractivity contribution in [3.63, 3.8) is 0 Å². The highest BCUT2D eigenvalue weighted by Crippen LogP contribution is 2.17. The summed E-state index contributed by atoms with van der Waals surface area (Å²) in [6.45, 7) is 6.95. The molecule has 0 aliphatic rings. The van der Waals surface area contributed by atoms with Crippen LogP contribution in [0.2, 0.25) is 0 Å². The van der Waals surface area contributed by atoms with Gasteiger partial charge in [0, 0.05) is 35.9 Å². The fourth-order valence-corrected chi connectivity index (χ4v) is 1.99. The molecule has 2 rings (SSSR count). The number of fused-ring (bicyclic) bond motifs is 1. The average molecular weight is 289 g/mol. The fourth-order valence-electron chi connectivity index (χ4n) is 1.99. The van der Waals surface area contributed by atoms with E-state index in [1.54, 1.807) is 0 Å². The van der Waals surface area contributed by atoms with Gasteiger partial charge in [0.05, 0.1) is 0 Å². The number of aromatic nitrogens is 1. The maximum atomic E-state index is 11.5. The third kappa shape index (κ3) is 5.02. The molecule has 0 unspecified atom stereocenters. The van der Waals surface area contributed by atoms with Gasteiger partial charge in [-0.3, -0.25) is 0 Å². The van der Waals surface area contributed by atoms with E-state index in [1.165, 1.54) is 5.39 Å². The molecule has 3 N–H and O–H groups in total. The van der Waals surface area contributed by atoms with E-state index in [0.29, 0.717) is 6.54 Å². The van der Waals surface area contributed by atoms with Crippen molar-refractivity contribution in [1.82, 2.24) is 10.3 Å². The molecular weight excluding hydrogens is 266 g/mol. The maximum Gasteiger partial charge on any atom is 0.407 e. The van der Waals surface area contributed by atoms with Crippen LogP contribution in [0.15, 0.2) is 30.5 Å². The Morgan fingerprint density at radius 2 is 2.05 bits per heavy atom. The van der Waals surface area contributed by atoms with Crippen LogP contribution in [0.3, 0.4) is 0 Å². The quantitative estimate of drug-likeness (QED) is 0.738. The van der Waals surface area contributed by atoms with Crippen LogP contribution < -0.4 is 10.6 Å². The van der Waals surface area contributed by atoms with E-state index in [2.05, 4.69) is 27.8 Å². The minimum Gasteiger partial charge on any atom is -0.444 e. The summed E-state index contributed by atoms with van der Waals surface area (Å²) in [5.74, 6) is 0. The minimum atomic E-state index is -0.450. The number of carbonyl (C=O) groups is 1. The van der Waals surface area contributed by atoms with Crippen LogP contribution in [0.4, 0.5) is 10.5 Å². The molecule has 0 bridgehead atoms. The molecule has 2 aromatic rings. The van der Waals surface area contributed by atoms with E-state index in [1.807, 2.05) is 39.1 Å². The Labute approximate surface area is 125 Å². The Bertz CT molecular complexity index is 599. The molecule has 1 aromatic heterocycles. The lowest BCUT2D eigenvalue weighted by Gasteiger charge is -2.19. The Hall–Kier alpha value is -2.17. The predicted molar refractivity (Wildman–Crippen MR) is 85.6 cm³/mol. The molecule has 5 heteroatoms. The number of H-pyrrole nitrogens is 1. The highest BCUT2D eigenvalue weighted by Gasteiger charge is 2.15. The Balaban J connectivity index is 1.66. The van der Waals surface area contributed by atoms with E-state index in [-0.39, 0.29) is 6.09 Å². The van der Waals surface area contributed by atoms with Crippen LogP contribution in [-0.2, 0) is 4.74 Å². The molecule has 21 heavy (non-hydrogen) atoms. The van der Waals surface area contributed by atoms with Gasteiger partial charge in [-0.1, -0.05) is 0 Å². The highest BCUT2D eigenvalue weighted by molar-refractivity contribution is 5.82. The molecule has 0 radical (unpaired) electrons. The number of anilines is 1. The zero-order valence-corrected chi connectivity index (χ0v) is 12.8. The van der Waals surface area contributed by atoms with Crippen molar-refractivity contribution >= 4 is 22.7 Å². The molecule has 5 nitrogen and oxygen atoms in total. The Morgan fingerprint density at radius 3 is 2.81 bits per heavy atom. The molecule has 114 valence electrons. The molecule has 1 amide bonds. The number of benzene rings is 1. The second kappa shape index (κ2) is 6.52. The molecule has 0 spiro atoms. The number of nitrogens with one attached hydrogen (secondary N) is 3. The van der Waals surface area contributed by atoms with Crippen LogP contribution in [0, 0.1) is 0 Å². The van der Waals surface area contributed by atoms with Crippen molar-refractivity contribution in [1.29, 1.82) is 0 Å². The zero-order valence-electron chi connectivity index (χ0n) is 12.8. The molecule has 0 atom stereocenters. The number of alkyl carbamates (subject to hydrolysis) is 1. The first-order valence-electron chi connectivity index (χ1n) is 7.22. The summed E-state index contributed by atoms with van der Waals surface area (Å²) in [5, 5.41) is 7.27. The summed E-state index contributed by atoms with van der Waals surface area (Å²) in [5.41, 5.74) is 1.76. The largest absolute Gasteiger partial charge is 0.444 e. The second-order valence-corrected chi connectivity index (χ2v) is 5.99. The topological polar surface area (TPSA) is 66.2 Å². The summed E-state index contributed by atoms with van der Waals surface area (Å²) in [6.07, 6.45) is 2.40. The van der Waals surface area contributed by atoms with Gasteiger partial charge >= 0.3 is 6.09 Å². The van der Waals surface area contributed by atoms with E-state index in [0.717, 1.165) is 24.2 Å². The Kier molecular flexibility index (Phi) is 4.73. The number of aromatic amines is 1. The molecule has 0 aliphatic heterocycles. The molecule has 1 heterocycles. The molecule has 1 aromatic carbocycles. The number of rotatable bonds is 5. The van der Waals surface area contributed by atoms with Gasteiger partial charge in [0.15, 0.2) is 0 Å².